The van der Waals surface area contributed by atoms with Gasteiger partial charge < -0.3 is 11.1 Å². The molecule has 0 amide bonds. The van der Waals surface area contributed by atoms with E-state index in [0.29, 0.717) is 21.7 Å². The molecule has 0 aliphatic carbocycles. The highest BCUT2D eigenvalue weighted by Gasteiger charge is 2.06. The summed E-state index contributed by atoms with van der Waals surface area (Å²) >= 11 is 12.0. The third-order valence-corrected chi connectivity index (χ3v) is 2.82. The molecule has 0 aliphatic heterocycles. The number of hydrogen-bond acceptors (Lipinski definition) is 4. The highest BCUT2D eigenvalue weighted by molar-refractivity contribution is 6.52. The van der Waals surface area contributed by atoms with Crippen molar-refractivity contribution in [3.05, 3.63) is 22.2 Å². The number of rotatable bonds is 2. The highest BCUT2D eigenvalue weighted by atomic mass is 35.5. The van der Waals surface area contributed by atoms with Gasteiger partial charge in [-0.1, -0.05) is 28.7 Å². The molecule has 0 unspecified atom stereocenters. The molecule has 4 N–H and O–H groups in total. The summed E-state index contributed by atoms with van der Waals surface area (Å²) in [5, 5.41) is 10.4. The minimum absolute atomic E-state index is 0.242. The first-order valence-corrected chi connectivity index (χ1v) is 5.22. The molecular formula is C8H8BCl2N5. The average Bonchev–Trinajstić information content (AvgIpc) is 2.60. The molecule has 2 rings (SSSR count). The van der Waals surface area contributed by atoms with Gasteiger partial charge in [0.25, 0.3) is 0 Å². The molecule has 0 spiro atoms. The predicted octanol–water partition coefficient (Wildman–Crippen LogP) is 0.696. The van der Waals surface area contributed by atoms with Gasteiger partial charge in [0, 0.05) is 15.7 Å². The number of aromatic nitrogens is 3. The van der Waals surface area contributed by atoms with Crippen LogP contribution in [0, 0.1) is 0 Å². The lowest BCUT2D eigenvalue weighted by molar-refractivity contribution is 1.10. The van der Waals surface area contributed by atoms with E-state index in [4.69, 9.17) is 28.9 Å². The molecule has 0 radical (unpaired) electrons. The number of hydrogen-bond donors (Lipinski definition) is 3. The summed E-state index contributed by atoms with van der Waals surface area (Å²) in [5.41, 5.74) is 6.94. The monoisotopic (exact) mass is 255 g/mol. The molecule has 5 nitrogen and oxygen atoms in total. The molecule has 1 heterocycles. The van der Waals surface area contributed by atoms with Crippen LogP contribution in [0.2, 0.25) is 10.0 Å². The minimum Gasteiger partial charge on any atom is -0.368 e. The van der Waals surface area contributed by atoms with Crippen LogP contribution in [-0.4, -0.2) is 23.0 Å². The van der Waals surface area contributed by atoms with E-state index in [1.807, 2.05) is 7.85 Å². The summed E-state index contributed by atoms with van der Waals surface area (Å²) in [7, 11) is 1.85. The van der Waals surface area contributed by atoms with Crippen molar-refractivity contribution < 1.29 is 0 Å². The summed E-state index contributed by atoms with van der Waals surface area (Å²) in [6.07, 6.45) is 0. The topological polar surface area (TPSA) is 79.6 Å². The largest absolute Gasteiger partial charge is 0.368 e. The molecule has 0 aliphatic rings. The second-order valence-electron chi connectivity index (χ2n) is 3.23. The fourth-order valence-corrected chi connectivity index (χ4v) is 1.66. The Hall–Kier alpha value is -1.40. The molecule has 0 saturated carbocycles. The maximum Gasteiger partial charge on any atom is 0.248 e. The van der Waals surface area contributed by atoms with Crippen molar-refractivity contribution in [1.82, 2.24) is 15.2 Å². The zero-order valence-corrected chi connectivity index (χ0v) is 9.89. The van der Waals surface area contributed by atoms with Crippen LogP contribution in [0.15, 0.2) is 12.1 Å². The van der Waals surface area contributed by atoms with Gasteiger partial charge in [-0.2, -0.15) is 4.98 Å². The second kappa shape index (κ2) is 4.23. The number of halogens is 2. The number of benzene rings is 1. The van der Waals surface area contributed by atoms with Crippen molar-refractivity contribution in [2.45, 2.75) is 0 Å². The van der Waals surface area contributed by atoms with E-state index >= 15 is 0 Å². The summed E-state index contributed by atoms with van der Waals surface area (Å²) in [6.45, 7) is 0. The van der Waals surface area contributed by atoms with Crippen molar-refractivity contribution in [3.63, 3.8) is 0 Å². The fourth-order valence-electron chi connectivity index (χ4n) is 1.18. The van der Waals surface area contributed by atoms with Crippen LogP contribution in [0.1, 0.15) is 0 Å². The normalized spacial score (nSPS) is 10.4. The van der Waals surface area contributed by atoms with Gasteiger partial charge in [0.05, 0.1) is 0 Å². The summed E-state index contributed by atoms with van der Waals surface area (Å²) in [4.78, 5) is 3.90. The molecule has 82 valence electrons. The molecule has 1 aromatic carbocycles. The average molecular weight is 256 g/mol. The minimum atomic E-state index is 0.242. The van der Waals surface area contributed by atoms with E-state index in [0.717, 1.165) is 5.46 Å². The zero-order chi connectivity index (χ0) is 11.7. The zero-order valence-electron chi connectivity index (χ0n) is 8.38. The summed E-state index contributed by atoms with van der Waals surface area (Å²) < 4.78 is 0. The molecule has 8 heteroatoms. The van der Waals surface area contributed by atoms with Gasteiger partial charge in [0.15, 0.2) is 0 Å². The number of nitrogens with one attached hydrogen (secondary N) is 2. The molecule has 1 aromatic heterocycles. The fraction of sp³-hybridized carbons (Fsp3) is 0. The number of anilines is 3. The molecule has 2 aromatic rings. The first kappa shape index (κ1) is 11.1. The second-order valence-corrected chi connectivity index (χ2v) is 4.05. The molecule has 0 saturated heterocycles. The van der Waals surface area contributed by atoms with E-state index in [-0.39, 0.29) is 5.95 Å². The number of nitrogens with zero attached hydrogens (tertiary/aromatic N) is 2. The Morgan fingerprint density at radius 1 is 1.31 bits per heavy atom. The molecular weight excluding hydrogens is 248 g/mol. The Balaban J connectivity index is 2.28. The van der Waals surface area contributed by atoms with Crippen LogP contribution in [0.3, 0.4) is 0 Å². The molecule has 0 atom stereocenters. The molecule has 0 fully saturated rings. The van der Waals surface area contributed by atoms with Gasteiger partial charge in [-0.15, -0.1) is 5.10 Å². The van der Waals surface area contributed by atoms with E-state index in [1.54, 1.807) is 12.1 Å². The lowest BCUT2D eigenvalue weighted by atomic mass is 9.96. The maximum absolute atomic E-state index is 5.99. The van der Waals surface area contributed by atoms with E-state index in [2.05, 4.69) is 20.5 Å². The Labute approximate surface area is 103 Å². The number of nitrogen functional groups attached to an aromatic ring is 1. The Morgan fingerprint density at radius 2 is 1.94 bits per heavy atom. The smallest absolute Gasteiger partial charge is 0.248 e. The Kier molecular flexibility index (Phi) is 2.94. The van der Waals surface area contributed by atoms with Crippen LogP contribution < -0.4 is 16.5 Å². The SMILES string of the molecule is Bc1c(Cl)cc(Nc2n[nH]c(N)n2)cc1Cl. The Bertz CT molecular complexity index is 504. The van der Waals surface area contributed by atoms with Crippen LogP contribution in [0.4, 0.5) is 17.6 Å². The standard InChI is InChI=1S/C8H8BCl2N5/c9-6-4(10)1-3(2-5(6)11)13-8-14-7(12)15-16-8/h1-2H,9H2,(H4,12,13,14,15,16). The van der Waals surface area contributed by atoms with Crippen molar-refractivity contribution in [2.24, 2.45) is 0 Å². The van der Waals surface area contributed by atoms with Crippen LogP contribution in [-0.2, 0) is 0 Å². The van der Waals surface area contributed by atoms with Crippen LogP contribution in [0.25, 0.3) is 0 Å². The lowest BCUT2D eigenvalue weighted by Crippen LogP contribution is -2.06. The van der Waals surface area contributed by atoms with Crippen molar-refractivity contribution >= 4 is 54.1 Å². The van der Waals surface area contributed by atoms with Gasteiger partial charge >= 0.3 is 0 Å². The van der Waals surface area contributed by atoms with E-state index in [9.17, 15) is 0 Å². The Morgan fingerprint density at radius 3 is 2.44 bits per heavy atom. The summed E-state index contributed by atoms with van der Waals surface area (Å²) in [6, 6.07) is 3.49. The maximum atomic E-state index is 5.99. The predicted molar refractivity (Wildman–Crippen MR) is 68.7 cm³/mol. The van der Waals surface area contributed by atoms with E-state index in [1.165, 1.54) is 0 Å². The van der Waals surface area contributed by atoms with E-state index < -0.39 is 0 Å². The number of aromatic amines is 1. The lowest BCUT2D eigenvalue weighted by Gasteiger charge is -2.06. The first-order chi connectivity index (χ1) is 7.56. The highest BCUT2D eigenvalue weighted by Crippen LogP contribution is 2.21. The van der Waals surface area contributed by atoms with Crippen LogP contribution >= 0.6 is 23.2 Å². The molecule has 0 bridgehead atoms. The van der Waals surface area contributed by atoms with Crippen molar-refractivity contribution in [1.29, 1.82) is 0 Å². The van der Waals surface area contributed by atoms with Gasteiger partial charge in [0.2, 0.25) is 11.9 Å². The van der Waals surface area contributed by atoms with Crippen LogP contribution in [0.5, 0.6) is 0 Å². The first-order valence-electron chi connectivity index (χ1n) is 4.47. The van der Waals surface area contributed by atoms with Crippen molar-refractivity contribution in [3.8, 4) is 0 Å². The van der Waals surface area contributed by atoms with Gasteiger partial charge in [0.1, 0.15) is 7.85 Å². The van der Waals surface area contributed by atoms with Gasteiger partial charge in [-0.3, -0.25) is 0 Å². The quantitative estimate of drug-likeness (QED) is 0.691. The third-order valence-electron chi connectivity index (χ3n) is 2.04. The van der Waals surface area contributed by atoms with Gasteiger partial charge in [-0.05, 0) is 12.1 Å². The molecule has 16 heavy (non-hydrogen) atoms. The number of nitrogens with two attached hydrogens (primary N) is 1. The summed E-state index contributed by atoms with van der Waals surface area (Å²) in [5.74, 6) is 0.611. The number of H-pyrrole nitrogens is 1. The van der Waals surface area contributed by atoms with Gasteiger partial charge in [-0.25, -0.2) is 5.10 Å². The van der Waals surface area contributed by atoms with Crippen molar-refractivity contribution in [2.75, 3.05) is 11.1 Å². The third kappa shape index (κ3) is 2.23.